The molecule has 2 atom stereocenters. The second-order valence-corrected chi connectivity index (χ2v) is 6.82. The number of ketones is 2. The molecule has 0 saturated carbocycles. The lowest BCUT2D eigenvalue weighted by molar-refractivity contribution is -0.131. The van der Waals surface area contributed by atoms with Crippen LogP contribution in [0.4, 0.5) is 0 Å². The van der Waals surface area contributed by atoms with Gasteiger partial charge in [0.05, 0.1) is 17.9 Å². The number of nitrogens with one attached hydrogen (secondary N) is 2. The number of hydrogen-bond donors (Lipinski definition) is 2. The molecule has 0 spiro atoms. The van der Waals surface area contributed by atoms with Crippen molar-refractivity contribution in [2.24, 2.45) is 5.41 Å². The maximum absolute atomic E-state index is 12.9. The van der Waals surface area contributed by atoms with Gasteiger partial charge in [-0.2, -0.15) is 0 Å². The van der Waals surface area contributed by atoms with Crippen molar-refractivity contribution in [1.82, 2.24) is 15.3 Å². The number of aromatic nitrogens is 2. The highest BCUT2D eigenvalue weighted by molar-refractivity contribution is 5.91. The highest BCUT2D eigenvalue weighted by atomic mass is 16.1. The lowest BCUT2D eigenvalue weighted by atomic mass is 9.79. The van der Waals surface area contributed by atoms with Crippen molar-refractivity contribution in [3.8, 4) is 0 Å². The summed E-state index contributed by atoms with van der Waals surface area (Å²) >= 11 is 0. The average Bonchev–Trinajstić information content (AvgIpc) is 2.98. The third kappa shape index (κ3) is 4.26. The van der Waals surface area contributed by atoms with Gasteiger partial charge in [-0.3, -0.25) is 14.9 Å². The van der Waals surface area contributed by atoms with Gasteiger partial charge in [0.1, 0.15) is 5.78 Å². The van der Waals surface area contributed by atoms with E-state index in [4.69, 9.17) is 0 Å². The molecule has 1 rings (SSSR count). The molecule has 124 valence electrons. The van der Waals surface area contributed by atoms with Crippen molar-refractivity contribution in [2.75, 3.05) is 0 Å². The van der Waals surface area contributed by atoms with E-state index in [0.29, 0.717) is 12.8 Å². The van der Waals surface area contributed by atoms with Crippen molar-refractivity contribution >= 4 is 11.6 Å². The predicted octanol–water partition coefficient (Wildman–Crippen LogP) is 2.67. The van der Waals surface area contributed by atoms with Crippen LogP contribution < -0.4 is 5.32 Å². The van der Waals surface area contributed by atoms with Crippen LogP contribution >= 0.6 is 0 Å². The number of carbonyl (C=O) groups excluding carboxylic acids is 2. The molecule has 0 fully saturated rings. The molecule has 2 N–H and O–H groups in total. The predicted molar refractivity (Wildman–Crippen MR) is 87.7 cm³/mol. The van der Waals surface area contributed by atoms with E-state index >= 15 is 0 Å². The molecule has 0 aliphatic rings. The van der Waals surface area contributed by atoms with E-state index in [2.05, 4.69) is 15.3 Å². The van der Waals surface area contributed by atoms with Gasteiger partial charge >= 0.3 is 0 Å². The summed E-state index contributed by atoms with van der Waals surface area (Å²) < 4.78 is 0. The zero-order chi connectivity index (χ0) is 17.0. The molecule has 0 aliphatic heterocycles. The van der Waals surface area contributed by atoms with Crippen LogP contribution in [0.1, 0.15) is 60.1 Å². The molecular weight excluding hydrogens is 278 g/mol. The molecular formula is C17H29N3O2. The summed E-state index contributed by atoms with van der Waals surface area (Å²) in [5.74, 6) is 0.178. The Morgan fingerprint density at radius 2 is 1.91 bits per heavy atom. The van der Waals surface area contributed by atoms with E-state index in [9.17, 15) is 9.59 Å². The number of hydrogen-bond acceptors (Lipinski definition) is 4. The lowest BCUT2D eigenvalue weighted by Gasteiger charge is -2.35. The maximum Gasteiger partial charge on any atom is 0.155 e. The van der Waals surface area contributed by atoms with Gasteiger partial charge in [0, 0.05) is 23.7 Å². The number of H-pyrrole nitrogens is 1. The Morgan fingerprint density at radius 1 is 1.27 bits per heavy atom. The number of rotatable bonds is 9. The van der Waals surface area contributed by atoms with Crippen LogP contribution in [0.5, 0.6) is 0 Å². The molecule has 1 aromatic rings. The normalized spacial score (nSPS) is 16.1. The van der Waals surface area contributed by atoms with Gasteiger partial charge in [0.25, 0.3) is 0 Å². The molecule has 0 saturated heterocycles. The van der Waals surface area contributed by atoms with Crippen molar-refractivity contribution in [1.29, 1.82) is 0 Å². The minimum atomic E-state index is -0.690. The standard InChI is InChI=1S/C17H29N3O2/c1-7-16(4,5)15(22)14(9-13-10-18-11-19-13)20-17(6,8-2)12(3)21/h10-11,14,20H,7-9H2,1-6H3,(H,18,19)/t14-,17?/m0/s1. The molecule has 0 aliphatic carbocycles. The number of imidazole rings is 1. The first-order chi connectivity index (χ1) is 10.2. The monoisotopic (exact) mass is 307 g/mol. The first-order valence-corrected chi connectivity index (χ1v) is 7.96. The van der Waals surface area contributed by atoms with Crippen LogP contribution in [0.25, 0.3) is 0 Å². The Bertz CT molecular complexity index is 508. The second kappa shape index (κ2) is 7.18. The molecule has 5 nitrogen and oxygen atoms in total. The van der Waals surface area contributed by atoms with Crippen LogP contribution in [0.2, 0.25) is 0 Å². The fourth-order valence-corrected chi connectivity index (χ4v) is 2.31. The van der Waals surface area contributed by atoms with Crippen LogP contribution in [-0.2, 0) is 16.0 Å². The van der Waals surface area contributed by atoms with Crippen molar-refractivity contribution in [2.45, 2.75) is 72.4 Å². The van der Waals surface area contributed by atoms with Gasteiger partial charge < -0.3 is 4.98 Å². The lowest BCUT2D eigenvalue weighted by Crippen LogP contribution is -2.57. The van der Waals surface area contributed by atoms with Crippen LogP contribution in [0, 0.1) is 5.41 Å². The summed E-state index contributed by atoms with van der Waals surface area (Å²) in [5, 5.41) is 3.31. The van der Waals surface area contributed by atoms with Gasteiger partial charge in [-0.05, 0) is 26.7 Å². The minimum absolute atomic E-state index is 0.0479. The zero-order valence-electron chi connectivity index (χ0n) is 14.6. The van der Waals surface area contributed by atoms with Crippen molar-refractivity contribution in [3.63, 3.8) is 0 Å². The Labute approximate surface area is 133 Å². The molecule has 0 aromatic carbocycles. The van der Waals surface area contributed by atoms with Crippen LogP contribution in [0.3, 0.4) is 0 Å². The molecule has 1 heterocycles. The zero-order valence-corrected chi connectivity index (χ0v) is 14.6. The number of aromatic amines is 1. The smallest absolute Gasteiger partial charge is 0.155 e. The third-order valence-electron chi connectivity index (χ3n) is 4.82. The Morgan fingerprint density at radius 3 is 2.32 bits per heavy atom. The van der Waals surface area contributed by atoms with E-state index in [0.717, 1.165) is 12.1 Å². The fourth-order valence-electron chi connectivity index (χ4n) is 2.31. The quantitative estimate of drug-likeness (QED) is 0.735. The topological polar surface area (TPSA) is 74.8 Å². The van der Waals surface area contributed by atoms with E-state index in [-0.39, 0.29) is 11.6 Å². The second-order valence-electron chi connectivity index (χ2n) is 6.82. The molecule has 0 amide bonds. The molecule has 22 heavy (non-hydrogen) atoms. The SMILES string of the molecule is CCC(C)(C)C(=O)[C@H](Cc1cnc[nH]1)NC(C)(CC)C(C)=O. The maximum atomic E-state index is 12.9. The van der Waals surface area contributed by atoms with Crippen LogP contribution in [-0.4, -0.2) is 33.1 Å². The van der Waals surface area contributed by atoms with Gasteiger partial charge in [0.2, 0.25) is 0 Å². The first-order valence-electron chi connectivity index (χ1n) is 7.96. The van der Waals surface area contributed by atoms with Gasteiger partial charge in [-0.15, -0.1) is 0 Å². The third-order valence-corrected chi connectivity index (χ3v) is 4.82. The first kappa shape index (κ1) is 18.6. The van der Waals surface area contributed by atoms with Gasteiger partial charge in [-0.1, -0.05) is 27.7 Å². The van der Waals surface area contributed by atoms with Gasteiger partial charge in [-0.25, -0.2) is 4.98 Å². The van der Waals surface area contributed by atoms with Crippen LogP contribution in [0.15, 0.2) is 12.5 Å². The molecule has 0 radical (unpaired) electrons. The highest BCUT2D eigenvalue weighted by Crippen LogP contribution is 2.25. The number of carbonyl (C=O) groups is 2. The number of nitrogens with zero attached hydrogens (tertiary/aromatic N) is 1. The minimum Gasteiger partial charge on any atom is -0.348 e. The van der Waals surface area contributed by atoms with Crippen molar-refractivity contribution in [3.05, 3.63) is 18.2 Å². The fraction of sp³-hybridized carbons (Fsp3) is 0.706. The van der Waals surface area contributed by atoms with Gasteiger partial charge in [0.15, 0.2) is 5.78 Å². The van der Waals surface area contributed by atoms with E-state index in [1.165, 1.54) is 0 Å². The molecule has 0 bridgehead atoms. The summed E-state index contributed by atoms with van der Waals surface area (Å²) in [4.78, 5) is 32.0. The Kier molecular flexibility index (Phi) is 6.06. The average molecular weight is 307 g/mol. The summed E-state index contributed by atoms with van der Waals surface area (Å²) in [7, 11) is 0. The van der Waals surface area contributed by atoms with E-state index in [1.54, 1.807) is 19.4 Å². The molecule has 1 unspecified atom stereocenters. The van der Waals surface area contributed by atoms with Crippen molar-refractivity contribution < 1.29 is 9.59 Å². The highest BCUT2D eigenvalue weighted by Gasteiger charge is 2.38. The summed E-state index contributed by atoms with van der Waals surface area (Å²) in [6, 6.07) is -0.413. The summed E-state index contributed by atoms with van der Waals surface area (Å²) in [5.41, 5.74) is -0.229. The Hall–Kier alpha value is -1.49. The molecule has 5 heteroatoms. The largest absolute Gasteiger partial charge is 0.348 e. The Balaban J connectivity index is 3.06. The number of Topliss-reactive ketones (excluding diaryl/α,β-unsaturated/α-hetero) is 2. The van der Waals surface area contributed by atoms with E-state index in [1.807, 2.05) is 34.6 Å². The molecule has 1 aromatic heterocycles. The summed E-state index contributed by atoms with van der Waals surface area (Å²) in [6.07, 6.45) is 5.23. The van der Waals surface area contributed by atoms with E-state index < -0.39 is 17.0 Å². The summed E-state index contributed by atoms with van der Waals surface area (Å²) in [6.45, 7) is 11.3.